The molecule has 5 heteroatoms. The molecule has 0 fully saturated rings. The lowest BCUT2D eigenvalue weighted by molar-refractivity contribution is 0.512. The highest BCUT2D eigenvalue weighted by molar-refractivity contribution is 6.17. The Balaban J connectivity index is 1.76. The third-order valence-electron chi connectivity index (χ3n) is 3.09. The zero-order valence-electron chi connectivity index (χ0n) is 10.8. The lowest BCUT2D eigenvalue weighted by Gasteiger charge is -2.06. The number of hydrogen-bond acceptors (Lipinski definition) is 4. The Hall–Kier alpha value is -2.07. The zero-order valence-corrected chi connectivity index (χ0v) is 11.6. The number of nitrogens with one attached hydrogen (secondary N) is 1. The fourth-order valence-corrected chi connectivity index (χ4v) is 2.29. The summed E-state index contributed by atoms with van der Waals surface area (Å²) in [6.45, 7) is 0.643. The molecule has 0 saturated carbocycles. The van der Waals surface area contributed by atoms with Gasteiger partial charge in [0, 0.05) is 18.8 Å². The van der Waals surface area contributed by atoms with E-state index in [4.69, 9.17) is 16.0 Å². The molecule has 0 spiro atoms. The number of nitrogens with zero attached hydrogens (tertiary/aromatic N) is 2. The van der Waals surface area contributed by atoms with Gasteiger partial charge in [-0.05, 0) is 16.3 Å². The fourth-order valence-electron chi connectivity index (χ4n) is 2.12. The minimum Gasteiger partial charge on any atom is -0.408 e. The Kier molecular flexibility index (Phi) is 3.83. The zero-order chi connectivity index (χ0) is 13.8. The molecule has 0 aliphatic rings. The second kappa shape index (κ2) is 5.92. The molecular formula is C15H14ClN3O. The number of aryl methyl sites for hydroxylation is 1. The molecule has 0 atom stereocenters. The maximum Gasteiger partial charge on any atom is 0.315 e. The van der Waals surface area contributed by atoms with Crippen molar-refractivity contribution in [3.63, 3.8) is 0 Å². The van der Waals surface area contributed by atoms with E-state index in [0.717, 1.165) is 0 Å². The summed E-state index contributed by atoms with van der Waals surface area (Å²) in [7, 11) is 0. The highest BCUT2D eigenvalue weighted by Crippen LogP contribution is 2.19. The van der Waals surface area contributed by atoms with Gasteiger partial charge in [0.05, 0.1) is 0 Å². The van der Waals surface area contributed by atoms with Gasteiger partial charge in [0.1, 0.15) is 0 Å². The molecule has 102 valence electrons. The first-order valence-corrected chi connectivity index (χ1v) is 6.99. The summed E-state index contributed by atoms with van der Waals surface area (Å²) < 4.78 is 5.44. The molecular weight excluding hydrogens is 274 g/mol. The van der Waals surface area contributed by atoms with Crippen molar-refractivity contribution < 1.29 is 4.42 Å². The summed E-state index contributed by atoms with van der Waals surface area (Å²) in [6, 6.07) is 15.0. The average Bonchev–Trinajstić information content (AvgIpc) is 2.93. The second-order valence-electron chi connectivity index (χ2n) is 4.43. The van der Waals surface area contributed by atoms with Gasteiger partial charge in [-0.25, -0.2) is 0 Å². The van der Waals surface area contributed by atoms with E-state index in [0.29, 0.717) is 30.8 Å². The van der Waals surface area contributed by atoms with Crippen molar-refractivity contribution in [1.29, 1.82) is 0 Å². The van der Waals surface area contributed by atoms with Gasteiger partial charge in [0.15, 0.2) is 0 Å². The number of rotatable bonds is 5. The summed E-state index contributed by atoms with van der Waals surface area (Å²) in [4.78, 5) is 0. The quantitative estimate of drug-likeness (QED) is 0.728. The predicted molar refractivity (Wildman–Crippen MR) is 80.0 cm³/mol. The van der Waals surface area contributed by atoms with Crippen LogP contribution in [0.1, 0.15) is 11.5 Å². The van der Waals surface area contributed by atoms with Gasteiger partial charge in [-0.1, -0.05) is 47.6 Å². The van der Waals surface area contributed by atoms with Gasteiger partial charge in [-0.3, -0.25) is 0 Å². The molecule has 0 aliphatic heterocycles. The van der Waals surface area contributed by atoms with Crippen LogP contribution in [0.2, 0.25) is 0 Å². The topological polar surface area (TPSA) is 51.0 Å². The molecule has 0 radical (unpaired) electrons. The van der Waals surface area contributed by atoms with Crippen molar-refractivity contribution in [2.24, 2.45) is 0 Å². The molecule has 0 amide bonds. The van der Waals surface area contributed by atoms with Crippen LogP contribution in [0.4, 0.5) is 6.01 Å². The first kappa shape index (κ1) is 12.9. The molecule has 0 saturated heterocycles. The second-order valence-corrected chi connectivity index (χ2v) is 4.81. The number of alkyl halides is 1. The van der Waals surface area contributed by atoms with Crippen LogP contribution in [0.3, 0.4) is 0 Å². The van der Waals surface area contributed by atoms with E-state index in [-0.39, 0.29) is 0 Å². The number of hydrogen-bond donors (Lipinski definition) is 1. The normalized spacial score (nSPS) is 10.8. The van der Waals surface area contributed by atoms with Crippen LogP contribution in [-0.4, -0.2) is 16.1 Å². The van der Waals surface area contributed by atoms with Crippen LogP contribution in [0.5, 0.6) is 0 Å². The van der Waals surface area contributed by atoms with Gasteiger partial charge in [0.25, 0.3) is 0 Å². The van der Waals surface area contributed by atoms with Crippen molar-refractivity contribution in [3.8, 4) is 0 Å². The smallest absolute Gasteiger partial charge is 0.315 e. The number of benzene rings is 2. The Bertz CT molecular complexity index is 706. The summed E-state index contributed by atoms with van der Waals surface area (Å²) in [5.74, 6) is 1.03. The Labute approximate surface area is 121 Å². The van der Waals surface area contributed by atoms with Crippen LogP contribution in [0.25, 0.3) is 10.8 Å². The first-order chi connectivity index (χ1) is 9.86. The minimum atomic E-state index is 0.429. The Morgan fingerprint density at radius 2 is 1.90 bits per heavy atom. The maximum absolute atomic E-state index is 5.64. The van der Waals surface area contributed by atoms with Crippen LogP contribution in [0, 0.1) is 0 Å². The highest BCUT2D eigenvalue weighted by atomic mass is 35.5. The molecule has 0 unspecified atom stereocenters. The van der Waals surface area contributed by atoms with Gasteiger partial charge in [0.2, 0.25) is 5.89 Å². The largest absolute Gasteiger partial charge is 0.408 e. The molecule has 1 heterocycles. The Morgan fingerprint density at radius 3 is 2.80 bits per heavy atom. The number of halogens is 1. The summed E-state index contributed by atoms with van der Waals surface area (Å²) >= 11 is 5.64. The first-order valence-electron chi connectivity index (χ1n) is 6.45. The van der Waals surface area contributed by atoms with E-state index >= 15 is 0 Å². The summed E-state index contributed by atoms with van der Waals surface area (Å²) in [5, 5.41) is 13.5. The Morgan fingerprint density at radius 1 is 1.05 bits per heavy atom. The lowest BCUT2D eigenvalue weighted by Crippen LogP contribution is -2.00. The molecule has 1 N–H and O–H groups in total. The van der Waals surface area contributed by atoms with E-state index in [2.05, 4.69) is 39.8 Å². The van der Waals surface area contributed by atoms with Crippen LogP contribution in [-0.2, 0) is 13.0 Å². The van der Waals surface area contributed by atoms with E-state index in [1.165, 1.54) is 16.3 Å². The van der Waals surface area contributed by atoms with Crippen LogP contribution < -0.4 is 5.32 Å². The molecule has 0 bridgehead atoms. The fraction of sp³-hybridized carbons (Fsp3) is 0.200. The van der Waals surface area contributed by atoms with Gasteiger partial charge >= 0.3 is 6.01 Å². The number of fused-ring (bicyclic) bond motifs is 1. The van der Waals surface area contributed by atoms with Crippen LogP contribution in [0.15, 0.2) is 46.9 Å². The molecule has 0 aliphatic carbocycles. The molecule has 3 aromatic rings. The average molecular weight is 288 g/mol. The molecule has 1 aromatic heterocycles. The third-order valence-corrected chi connectivity index (χ3v) is 3.27. The lowest BCUT2D eigenvalue weighted by atomic mass is 10.0. The highest BCUT2D eigenvalue weighted by Gasteiger charge is 2.06. The molecule has 4 nitrogen and oxygen atoms in total. The van der Waals surface area contributed by atoms with Crippen molar-refractivity contribution >= 4 is 28.4 Å². The van der Waals surface area contributed by atoms with Crippen LogP contribution >= 0.6 is 11.6 Å². The SMILES string of the molecule is ClCCc1nnc(NCc2cccc3ccccc23)o1. The van der Waals surface area contributed by atoms with Crippen molar-refractivity contribution in [2.75, 3.05) is 11.2 Å². The summed E-state index contributed by atoms with van der Waals surface area (Å²) in [5.41, 5.74) is 1.19. The minimum absolute atomic E-state index is 0.429. The maximum atomic E-state index is 5.64. The van der Waals surface area contributed by atoms with Gasteiger partial charge in [-0.15, -0.1) is 16.7 Å². The van der Waals surface area contributed by atoms with E-state index in [9.17, 15) is 0 Å². The molecule has 20 heavy (non-hydrogen) atoms. The van der Waals surface area contributed by atoms with E-state index < -0.39 is 0 Å². The van der Waals surface area contributed by atoms with Gasteiger partial charge in [-0.2, -0.15) is 0 Å². The van der Waals surface area contributed by atoms with E-state index in [1.807, 2.05) is 18.2 Å². The van der Waals surface area contributed by atoms with Gasteiger partial charge < -0.3 is 9.73 Å². The van der Waals surface area contributed by atoms with Crippen molar-refractivity contribution in [3.05, 3.63) is 53.9 Å². The van der Waals surface area contributed by atoms with Crippen molar-refractivity contribution in [1.82, 2.24) is 10.2 Å². The van der Waals surface area contributed by atoms with Crippen molar-refractivity contribution in [2.45, 2.75) is 13.0 Å². The predicted octanol–water partition coefficient (Wildman–Crippen LogP) is 3.62. The van der Waals surface area contributed by atoms with E-state index in [1.54, 1.807) is 0 Å². The standard InChI is InChI=1S/C15H14ClN3O/c16-9-8-14-18-19-15(20-14)17-10-12-6-3-5-11-4-1-2-7-13(11)12/h1-7H,8-10H2,(H,17,19). The summed E-state index contributed by atoms with van der Waals surface area (Å²) in [6.07, 6.45) is 0.588. The monoisotopic (exact) mass is 287 g/mol. The third kappa shape index (κ3) is 2.75. The molecule has 3 rings (SSSR count). The number of aromatic nitrogens is 2. The number of anilines is 1. The molecule has 2 aromatic carbocycles.